The first-order valence-electron chi connectivity index (χ1n) is 10.2. The number of carbonyl (C=O) groups excluding carboxylic acids is 3. The lowest BCUT2D eigenvalue weighted by Gasteiger charge is -2.30. The van der Waals surface area contributed by atoms with Crippen molar-refractivity contribution in [2.75, 3.05) is 0 Å². The van der Waals surface area contributed by atoms with Gasteiger partial charge in [-0.05, 0) is 36.6 Å². The highest BCUT2D eigenvalue weighted by atomic mass is 79.9. The Labute approximate surface area is 221 Å². The largest absolute Gasteiger partial charge is 0.282 e. The molecule has 34 heavy (non-hydrogen) atoms. The van der Waals surface area contributed by atoms with Crippen LogP contribution in [-0.4, -0.2) is 42.3 Å². The highest BCUT2D eigenvalue weighted by Crippen LogP contribution is 2.44. The number of nitro groups is 1. The molecule has 2 fully saturated rings. The van der Waals surface area contributed by atoms with Crippen LogP contribution in [0.25, 0.3) is 0 Å². The summed E-state index contributed by atoms with van der Waals surface area (Å²) in [6.45, 7) is -0.214. The number of nitrogens with zero attached hydrogens (tertiary/aromatic N) is 3. The summed E-state index contributed by atoms with van der Waals surface area (Å²) in [6, 6.07) is 10.1. The van der Waals surface area contributed by atoms with Crippen molar-refractivity contribution in [1.82, 2.24) is 10.0 Å². The third-order valence-electron chi connectivity index (χ3n) is 6.01. The number of carbonyl (C=O) groups is 3. The van der Waals surface area contributed by atoms with E-state index in [-0.39, 0.29) is 26.8 Å². The van der Waals surface area contributed by atoms with Crippen LogP contribution in [0.15, 0.2) is 42.5 Å². The minimum atomic E-state index is -0.843. The maximum Gasteiger partial charge on any atom is 0.282 e. The number of benzene rings is 2. The van der Waals surface area contributed by atoms with Gasteiger partial charge in [-0.25, -0.2) is 5.01 Å². The van der Waals surface area contributed by atoms with Crippen molar-refractivity contribution in [2.45, 2.75) is 29.0 Å². The Balaban J connectivity index is 1.77. The van der Waals surface area contributed by atoms with Crippen molar-refractivity contribution < 1.29 is 19.3 Å². The van der Waals surface area contributed by atoms with Gasteiger partial charge in [-0.1, -0.05) is 73.3 Å². The summed E-state index contributed by atoms with van der Waals surface area (Å²) in [7, 11) is 0. The van der Waals surface area contributed by atoms with Gasteiger partial charge < -0.3 is 0 Å². The normalized spacial score (nSPS) is 24.2. The van der Waals surface area contributed by atoms with Crippen molar-refractivity contribution >= 4 is 78.5 Å². The number of para-hydroxylation sites is 1. The summed E-state index contributed by atoms with van der Waals surface area (Å²) < 4.78 is 0. The molecule has 8 nitrogen and oxygen atoms in total. The minimum absolute atomic E-state index is 0.0140. The third kappa shape index (κ3) is 4.60. The minimum Gasteiger partial charge on any atom is -0.272 e. The van der Waals surface area contributed by atoms with E-state index in [0.717, 1.165) is 10.0 Å². The summed E-state index contributed by atoms with van der Waals surface area (Å²) >= 11 is 19.2. The zero-order chi connectivity index (χ0) is 24.7. The van der Waals surface area contributed by atoms with Crippen LogP contribution in [0.1, 0.15) is 28.8 Å². The zero-order valence-electron chi connectivity index (χ0n) is 17.4. The molecule has 12 heteroatoms. The Morgan fingerprint density at radius 2 is 1.62 bits per heavy atom. The van der Waals surface area contributed by atoms with E-state index < -0.39 is 40.2 Å². The van der Waals surface area contributed by atoms with Gasteiger partial charge in [0.2, 0.25) is 0 Å². The van der Waals surface area contributed by atoms with Crippen LogP contribution in [0, 0.1) is 22.0 Å². The van der Waals surface area contributed by atoms with Gasteiger partial charge in [0.1, 0.15) is 5.56 Å². The summed E-state index contributed by atoms with van der Waals surface area (Å²) in [6.07, 6.45) is 0.837. The Hall–Kier alpha value is -2.01. The maximum atomic E-state index is 13.6. The number of rotatable bonds is 5. The van der Waals surface area contributed by atoms with Gasteiger partial charge in [0, 0.05) is 15.7 Å². The molecule has 0 aromatic heterocycles. The number of halogens is 4. The molecule has 178 valence electrons. The molecule has 0 N–H and O–H groups in total. The lowest BCUT2D eigenvalue weighted by molar-refractivity contribution is -0.385. The number of fused-ring (bicyclic) bond motifs is 1. The molecule has 1 saturated heterocycles. The number of alkyl halides is 2. The fourth-order valence-corrected chi connectivity index (χ4v) is 5.87. The number of hydrazine groups is 1. The van der Waals surface area contributed by atoms with Crippen LogP contribution in [-0.2, 0) is 16.1 Å². The summed E-state index contributed by atoms with van der Waals surface area (Å²) in [5, 5.41) is 13.9. The Morgan fingerprint density at radius 3 is 2.18 bits per heavy atom. The molecular weight excluding hydrogens is 617 g/mol. The average molecular weight is 634 g/mol. The first-order chi connectivity index (χ1) is 16.1. The number of imide groups is 1. The van der Waals surface area contributed by atoms with Crippen LogP contribution in [0.4, 0.5) is 5.69 Å². The van der Waals surface area contributed by atoms with E-state index in [1.165, 1.54) is 36.4 Å². The van der Waals surface area contributed by atoms with E-state index in [0.29, 0.717) is 23.4 Å². The van der Waals surface area contributed by atoms with E-state index in [4.69, 9.17) is 23.2 Å². The fourth-order valence-electron chi connectivity index (χ4n) is 4.31. The van der Waals surface area contributed by atoms with Crippen LogP contribution in [0.5, 0.6) is 0 Å². The number of hydrogen-bond donors (Lipinski definition) is 0. The van der Waals surface area contributed by atoms with Crippen molar-refractivity contribution in [3.05, 3.63) is 73.8 Å². The van der Waals surface area contributed by atoms with E-state index >= 15 is 0 Å². The lowest BCUT2D eigenvalue weighted by atomic mass is 9.81. The molecule has 1 aliphatic heterocycles. The molecule has 2 aromatic carbocycles. The molecule has 4 rings (SSSR count). The molecule has 4 atom stereocenters. The number of amides is 3. The van der Waals surface area contributed by atoms with Crippen molar-refractivity contribution in [3.8, 4) is 0 Å². The summed E-state index contributed by atoms with van der Waals surface area (Å²) in [5.41, 5.74) is -0.169. The standard InChI is InChI=1S/C22H17Br2Cl2N3O5/c23-15-8-13-14(9-16(15)24)22(32)28(21(13)31)27(10-11-5-6-17(25)18(26)7-11)20(30)12-3-1-2-4-19(12)29(33)34/h1-7,13-16H,8-10H2/t13-,14+,15+,16-. The third-order valence-corrected chi connectivity index (χ3v) is 9.48. The molecule has 0 bridgehead atoms. The predicted octanol–water partition coefficient (Wildman–Crippen LogP) is 5.38. The fraction of sp³-hybridized carbons (Fsp3) is 0.318. The topological polar surface area (TPSA) is 101 Å². The molecule has 0 radical (unpaired) electrons. The van der Waals surface area contributed by atoms with Crippen molar-refractivity contribution in [3.63, 3.8) is 0 Å². The maximum absolute atomic E-state index is 13.6. The van der Waals surface area contributed by atoms with E-state index in [9.17, 15) is 24.5 Å². The second-order valence-corrected chi connectivity index (χ2v) is 11.3. The van der Waals surface area contributed by atoms with Crippen LogP contribution >= 0.6 is 55.1 Å². The van der Waals surface area contributed by atoms with Gasteiger partial charge in [0.25, 0.3) is 23.4 Å². The summed E-state index contributed by atoms with van der Waals surface area (Å²) in [5.74, 6) is -3.05. The molecule has 0 spiro atoms. The number of nitro benzene ring substituents is 1. The first-order valence-corrected chi connectivity index (χ1v) is 12.8. The SMILES string of the molecule is O=C(c1ccccc1[N+](=O)[O-])N(Cc1ccc(Cl)c(Cl)c1)N1C(=O)[C@H]2C[C@@H](Br)[C@@H](Br)C[C@H]2C1=O. The smallest absolute Gasteiger partial charge is 0.272 e. The quantitative estimate of drug-likeness (QED) is 0.190. The van der Waals surface area contributed by atoms with Gasteiger partial charge in [-0.2, -0.15) is 5.01 Å². The second kappa shape index (κ2) is 9.93. The first kappa shape index (κ1) is 25.1. The Kier molecular flexibility index (Phi) is 7.33. The lowest BCUT2D eigenvalue weighted by Crippen LogP contribution is -2.50. The van der Waals surface area contributed by atoms with E-state index in [2.05, 4.69) is 31.9 Å². The molecule has 0 unspecified atom stereocenters. The zero-order valence-corrected chi connectivity index (χ0v) is 22.1. The molecule has 1 heterocycles. The van der Waals surface area contributed by atoms with Crippen LogP contribution < -0.4 is 0 Å². The van der Waals surface area contributed by atoms with Crippen molar-refractivity contribution in [1.29, 1.82) is 0 Å². The predicted molar refractivity (Wildman–Crippen MR) is 133 cm³/mol. The molecule has 2 aliphatic rings. The molecule has 1 saturated carbocycles. The monoisotopic (exact) mass is 631 g/mol. The van der Waals surface area contributed by atoms with Gasteiger partial charge in [-0.15, -0.1) is 0 Å². The second-order valence-electron chi connectivity index (χ2n) is 8.09. The van der Waals surface area contributed by atoms with E-state index in [1.54, 1.807) is 6.07 Å². The highest BCUT2D eigenvalue weighted by Gasteiger charge is 2.54. The van der Waals surface area contributed by atoms with E-state index in [1.807, 2.05) is 0 Å². The van der Waals surface area contributed by atoms with Crippen LogP contribution in [0.2, 0.25) is 10.0 Å². The Morgan fingerprint density at radius 1 is 1.03 bits per heavy atom. The summed E-state index contributed by atoms with van der Waals surface area (Å²) in [4.78, 5) is 51.3. The molecule has 3 amide bonds. The molecular formula is C22H17Br2Cl2N3O5. The Bertz CT molecular complexity index is 1170. The van der Waals surface area contributed by atoms with Gasteiger partial charge >= 0.3 is 0 Å². The average Bonchev–Trinajstić information content (AvgIpc) is 3.03. The van der Waals surface area contributed by atoms with Crippen LogP contribution in [0.3, 0.4) is 0 Å². The molecule has 1 aliphatic carbocycles. The van der Waals surface area contributed by atoms with Crippen molar-refractivity contribution in [2.24, 2.45) is 11.8 Å². The number of hydrogen-bond acceptors (Lipinski definition) is 5. The van der Waals surface area contributed by atoms with Gasteiger partial charge in [0.15, 0.2) is 0 Å². The van der Waals surface area contributed by atoms with Gasteiger partial charge in [0.05, 0.1) is 33.3 Å². The van der Waals surface area contributed by atoms with Gasteiger partial charge in [-0.3, -0.25) is 24.5 Å². The highest BCUT2D eigenvalue weighted by molar-refractivity contribution is 9.12. The molecule has 2 aromatic rings.